The van der Waals surface area contributed by atoms with Crippen molar-refractivity contribution in [2.75, 3.05) is 7.11 Å². The van der Waals surface area contributed by atoms with Crippen LogP contribution in [0.15, 0.2) is 53.1 Å². The van der Waals surface area contributed by atoms with Crippen molar-refractivity contribution in [3.8, 4) is 28.3 Å². The maximum Gasteiger partial charge on any atom is 0.173 e. The van der Waals surface area contributed by atoms with Crippen LogP contribution in [0, 0.1) is 6.92 Å². The van der Waals surface area contributed by atoms with Gasteiger partial charge in [0.15, 0.2) is 5.76 Å². The van der Waals surface area contributed by atoms with E-state index >= 15 is 0 Å². The predicted octanol–water partition coefficient (Wildman–Crippen LogP) is 3.82. The number of aryl methyl sites for hydroxylation is 1. The number of methoxy groups -OCH3 is 1. The summed E-state index contributed by atoms with van der Waals surface area (Å²) in [5, 5.41) is 13.9. The van der Waals surface area contributed by atoms with Crippen LogP contribution in [0.2, 0.25) is 0 Å². The molecule has 0 spiro atoms. The topological polar surface area (TPSA) is 55.5 Å². The molecule has 4 nitrogen and oxygen atoms in total. The third-order valence-corrected chi connectivity index (χ3v) is 3.60. The van der Waals surface area contributed by atoms with Gasteiger partial charge in [-0.25, -0.2) is 0 Å². The largest absolute Gasteiger partial charge is 0.497 e. The summed E-state index contributed by atoms with van der Waals surface area (Å²) in [6.07, 6.45) is 0. The SMILES string of the molecule is COc1cccc(-c2noc(-c3ccc(C)cc3)c2CO)c1. The first-order chi connectivity index (χ1) is 10.7. The zero-order chi connectivity index (χ0) is 15.5. The number of hydrogen-bond donors (Lipinski definition) is 1. The lowest BCUT2D eigenvalue weighted by molar-refractivity contribution is 0.281. The van der Waals surface area contributed by atoms with Gasteiger partial charge in [0.25, 0.3) is 0 Å². The number of benzene rings is 2. The second-order valence-corrected chi connectivity index (χ2v) is 5.09. The molecule has 3 aromatic rings. The summed E-state index contributed by atoms with van der Waals surface area (Å²) < 4.78 is 10.7. The van der Waals surface area contributed by atoms with Crippen molar-refractivity contribution in [1.82, 2.24) is 5.16 Å². The van der Waals surface area contributed by atoms with Crippen LogP contribution in [0.5, 0.6) is 5.75 Å². The maximum atomic E-state index is 9.76. The Balaban J connectivity index is 2.08. The van der Waals surface area contributed by atoms with Crippen molar-refractivity contribution < 1.29 is 14.4 Å². The van der Waals surface area contributed by atoms with E-state index in [1.807, 2.05) is 55.5 Å². The fourth-order valence-corrected chi connectivity index (χ4v) is 2.38. The average molecular weight is 295 g/mol. The van der Waals surface area contributed by atoms with Crippen LogP contribution in [0.4, 0.5) is 0 Å². The second-order valence-electron chi connectivity index (χ2n) is 5.09. The number of aliphatic hydroxyl groups is 1. The zero-order valence-corrected chi connectivity index (χ0v) is 12.5. The molecule has 0 radical (unpaired) electrons. The first kappa shape index (κ1) is 14.4. The number of nitrogens with zero attached hydrogens (tertiary/aromatic N) is 1. The monoisotopic (exact) mass is 295 g/mol. The van der Waals surface area contributed by atoms with E-state index in [4.69, 9.17) is 9.26 Å². The van der Waals surface area contributed by atoms with Crippen molar-refractivity contribution in [2.24, 2.45) is 0 Å². The van der Waals surface area contributed by atoms with Gasteiger partial charge in [0.05, 0.1) is 19.3 Å². The minimum atomic E-state index is -0.140. The number of aliphatic hydroxyl groups excluding tert-OH is 1. The van der Waals surface area contributed by atoms with Crippen LogP contribution in [-0.2, 0) is 6.61 Å². The Morgan fingerprint density at radius 3 is 2.55 bits per heavy atom. The fourth-order valence-electron chi connectivity index (χ4n) is 2.38. The number of hydrogen-bond acceptors (Lipinski definition) is 4. The molecule has 0 saturated heterocycles. The van der Waals surface area contributed by atoms with Gasteiger partial charge >= 0.3 is 0 Å². The van der Waals surface area contributed by atoms with E-state index in [1.54, 1.807) is 7.11 Å². The third kappa shape index (κ3) is 2.61. The molecule has 0 bridgehead atoms. The Morgan fingerprint density at radius 2 is 1.86 bits per heavy atom. The van der Waals surface area contributed by atoms with Crippen LogP contribution in [0.25, 0.3) is 22.6 Å². The summed E-state index contributed by atoms with van der Waals surface area (Å²) in [4.78, 5) is 0. The van der Waals surface area contributed by atoms with Crippen LogP contribution in [0.1, 0.15) is 11.1 Å². The molecule has 1 heterocycles. The summed E-state index contributed by atoms with van der Waals surface area (Å²) in [6, 6.07) is 15.5. The molecule has 0 aliphatic heterocycles. The van der Waals surface area contributed by atoms with Gasteiger partial charge in [0.1, 0.15) is 11.4 Å². The quantitative estimate of drug-likeness (QED) is 0.795. The lowest BCUT2D eigenvalue weighted by Gasteiger charge is -2.04. The lowest BCUT2D eigenvalue weighted by atomic mass is 10.0. The summed E-state index contributed by atoms with van der Waals surface area (Å²) in [5.41, 5.74) is 4.23. The highest BCUT2D eigenvalue weighted by Crippen LogP contribution is 2.33. The molecule has 4 heteroatoms. The van der Waals surface area contributed by atoms with E-state index < -0.39 is 0 Å². The Labute approximate surface area is 129 Å². The minimum Gasteiger partial charge on any atom is -0.497 e. The molecule has 0 fully saturated rings. The number of ether oxygens (including phenoxy) is 1. The van der Waals surface area contributed by atoms with E-state index in [9.17, 15) is 5.11 Å². The highest BCUT2D eigenvalue weighted by Gasteiger charge is 2.18. The summed E-state index contributed by atoms with van der Waals surface area (Å²) in [7, 11) is 1.62. The molecule has 1 N–H and O–H groups in total. The predicted molar refractivity (Wildman–Crippen MR) is 84.6 cm³/mol. The highest BCUT2D eigenvalue weighted by atomic mass is 16.5. The smallest absolute Gasteiger partial charge is 0.173 e. The molecule has 22 heavy (non-hydrogen) atoms. The van der Waals surface area contributed by atoms with Gasteiger partial charge in [0, 0.05) is 11.1 Å². The van der Waals surface area contributed by atoms with Gasteiger partial charge in [0.2, 0.25) is 0 Å². The standard InChI is InChI=1S/C18H17NO3/c1-12-6-8-13(9-7-12)18-16(11-20)17(19-22-18)14-4-3-5-15(10-14)21-2/h3-10,20H,11H2,1-2H3. The number of rotatable bonds is 4. The number of aromatic nitrogens is 1. The van der Waals surface area contributed by atoms with Crippen molar-refractivity contribution >= 4 is 0 Å². The van der Waals surface area contributed by atoms with E-state index in [0.717, 1.165) is 16.9 Å². The van der Waals surface area contributed by atoms with Gasteiger partial charge in [-0.15, -0.1) is 0 Å². The van der Waals surface area contributed by atoms with Gasteiger partial charge < -0.3 is 14.4 Å². The first-order valence-corrected chi connectivity index (χ1v) is 7.04. The van der Waals surface area contributed by atoms with E-state index in [1.165, 1.54) is 5.56 Å². The summed E-state index contributed by atoms with van der Waals surface area (Å²) in [5.74, 6) is 1.33. The maximum absolute atomic E-state index is 9.76. The Morgan fingerprint density at radius 1 is 1.09 bits per heavy atom. The Kier molecular flexibility index (Phi) is 3.94. The molecule has 3 rings (SSSR count). The molecule has 0 amide bonds. The minimum absolute atomic E-state index is 0.140. The molecule has 0 aliphatic rings. The zero-order valence-electron chi connectivity index (χ0n) is 12.5. The van der Waals surface area contributed by atoms with Crippen LogP contribution < -0.4 is 4.74 Å². The van der Waals surface area contributed by atoms with E-state index in [-0.39, 0.29) is 6.61 Å². The van der Waals surface area contributed by atoms with Crippen molar-refractivity contribution in [2.45, 2.75) is 13.5 Å². The molecular weight excluding hydrogens is 278 g/mol. The molecule has 0 aliphatic carbocycles. The molecule has 2 aromatic carbocycles. The third-order valence-electron chi connectivity index (χ3n) is 3.60. The van der Waals surface area contributed by atoms with Gasteiger partial charge in [-0.1, -0.05) is 47.1 Å². The first-order valence-electron chi connectivity index (χ1n) is 7.04. The normalized spacial score (nSPS) is 10.7. The van der Waals surface area contributed by atoms with Crippen LogP contribution in [-0.4, -0.2) is 17.4 Å². The Hall–Kier alpha value is -2.59. The highest BCUT2D eigenvalue weighted by molar-refractivity contribution is 5.73. The molecule has 0 atom stereocenters. The molecule has 1 aromatic heterocycles. The van der Waals surface area contributed by atoms with Gasteiger partial charge in [-0.05, 0) is 19.1 Å². The van der Waals surface area contributed by atoms with Crippen molar-refractivity contribution in [3.05, 3.63) is 59.7 Å². The van der Waals surface area contributed by atoms with Crippen molar-refractivity contribution in [3.63, 3.8) is 0 Å². The molecule has 0 unspecified atom stereocenters. The molecule has 0 saturated carbocycles. The lowest BCUT2D eigenvalue weighted by Crippen LogP contribution is -1.90. The summed E-state index contributed by atoms with van der Waals surface area (Å²) in [6.45, 7) is 1.89. The second kappa shape index (κ2) is 6.03. The van der Waals surface area contributed by atoms with Gasteiger partial charge in [-0.3, -0.25) is 0 Å². The molecular formula is C18H17NO3. The average Bonchev–Trinajstić information content (AvgIpc) is 2.99. The summed E-state index contributed by atoms with van der Waals surface area (Å²) >= 11 is 0. The Bertz CT molecular complexity index is 775. The van der Waals surface area contributed by atoms with Crippen LogP contribution >= 0.6 is 0 Å². The van der Waals surface area contributed by atoms with Gasteiger partial charge in [-0.2, -0.15) is 0 Å². The van der Waals surface area contributed by atoms with Crippen LogP contribution in [0.3, 0.4) is 0 Å². The van der Waals surface area contributed by atoms with E-state index in [0.29, 0.717) is 17.0 Å². The van der Waals surface area contributed by atoms with Crippen molar-refractivity contribution in [1.29, 1.82) is 0 Å². The fraction of sp³-hybridized carbons (Fsp3) is 0.167. The molecule has 112 valence electrons. The van der Waals surface area contributed by atoms with E-state index in [2.05, 4.69) is 5.16 Å².